The second-order valence-electron chi connectivity index (χ2n) is 8.92. The normalized spacial score (nSPS) is 21.0. The van der Waals surface area contributed by atoms with Crippen LogP contribution in [0.15, 0.2) is 53.9 Å². The molecule has 0 bridgehead atoms. The fourth-order valence-corrected chi connectivity index (χ4v) is 5.71. The SMILES string of the molecule is Cc1cc2c(OC[C@H](O)CN3CC[C@@H](c4ccc5sccc5c4)C[C@@H]3C)cccc2[nH]1. The van der Waals surface area contributed by atoms with Gasteiger partial charge >= 0.3 is 0 Å². The summed E-state index contributed by atoms with van der Waals surface area (Å²) in [6.07, 6.45) is 1.76. The Morgan fingerprint density at radius 1 is 1.23 bits per heavy atom. The number of β-amino-alcohol motifs (C(OH)–C–C–N with tert-alkyl or cyclic N) is 1. The quantitative estimate of drug-likeness (QED) is 0.409. The predicted molar refractivity (Wildman–Crippen MR) is 129 cm³/mol. The molecule has 1 aliphatic heterocycles. The molecule has 1 fully saturated rings. The molecule has 0 radical (unpaired) electrons. The van der Waals surface area contributed by atoms with E-state index in [1.165, 1.54) is 15.6 Å². The first-order chi connectivity index (χ1) is 15.1. The summed E-state index contributed by atoms with van der Waals surface area (Å²) in [6, 6.07) is 17.7. The molecule has 3 atom stereocenters. The summed E-state index contributed by atoms with van der Waals surface area (Å²) >= 11 is 1.81. The maximum Gasteiger partial charge on any atom is 0.128 e. The van der Waals surface area contributed by atoms with Gasteiger partial charge < -0.3 is 14.8 Å². The van der Waals surface area contributed by atoms with Crippen LogP contribution < -0.4 is 4.74 Å². The van der Waals surface area contributed by atoms with Crippen LogP contribution in [0.2, 0.25) is 0 Å². The van der Waals surface area contributed by atoms with E-state index in [0.717, 1.165) is 41.7 Å². The van der Waals surface area contributed by atoms with Crippen molar-refractivity contribution in [2.45, 2.75) is 44.8 Å². The number of rotatable bonds is 6. The van der Waals surface area contributed by atoms with E-state index in [-0.39, 0.29) is 0 Å². The van der Waals surface area contributed by atoms with Crippen LogP contribution in [0, 0.1) is 6.92 Å². The Kier molecular flexibility index (Phi) is 5.74. The first-order valence-corrected chi connectivity index (χ1v) is 12.0. The maximum absolute atomic E-state index is 10.7. The van der Waals surface area contributed by atoms with Gasteiger partial charge in [0, 0.05) is 33.9 Å². The minimum absolute atomic E-state index is 0.310. The molecule has 1 saturated heterocycles. The number of aromatic amines is 1. The Balaban J connectivity index is 1.17. The number of aliphatic hydroxyl groups excluding tert-OH is 1. The van der Waals surface area contributed by atoms with Gasteiger partial charge in [0.1, 0.15) is 18.5 Å². The first-order valence-electron chi connectivity index (χ1n) is 11.2. The van der Waals surface area contributed by atoms with E-state index in [4.69, 9.17) is 4.74 Å². The van der Waals surface area contributed by atoms with E-state index in [0.29, 0.717) is 25.1 Å². The number of likely N-dealkylation sites (tertiary alicyclic amines) is 1. The van der Waals surface area contributed by atoms with Gasteiger partial charge in [0.05, 0.1) is 0 Å². The zero-order chi connectivity index (χ0) is 21.4. The molecule has 162 valence electrons. The number of piperidine rings is 1. The maximum atomic E-state index is 10.7. The molecular formula is C26H30N2O2S. The first kappa shape index (κ1) is 20.6. The molecule has 0 amide bonds. The number of aliphatic hydroxyl groups is 1. The summed E-state index contributed by atoms with van der Waals surface area (Å²) in [6.45, 7) is 6.30. The number of fused-ring (bicyclic) bond motifs is 2. The Labute approximate surface area is 187 Å². The van der Waals surface area contributed by atoms with Crippen LogP contribution in [-0.4, -0.2) is 46.8 Å². The highest BCUT2D eigenvalue weighted by molar-refractivity contribution is 7.17. The molecule has 5 rings (SSSR count). The zero-order valence-electron chi connectivity index (χ0n) is 18.2. The topological polar surface area (TPSA) is 48.5 Å². The van der Waals surface area contributed by atoms with Crippen molar-refractivity contribution in [3.05, 3.63) is 65.2 Å². The zero-order valence-corrected chi connectivity index (χ0v) is 19.0. The van der Waals surface area contributed by atoms with Crippen LogP contribution in [0.4, 0.5) is 0 Å². The van der Waals surface area contributed by atoms with Crippen molar-refractivity contribution in [2.24, 2.45) is 0 Å². The number of benzene rings is 2. The minimum atomic E-state index is -0.503. The number of hydrogen-bond acceptors (Lipinski definition) is 4. The predicted octanol–water partition coefficient (Wildman–Crippen LogP) is 5.70. The lowest BCUT2D eigenvalue weighted by atomic mass is 9.85. The summed E-state index contributed by atoms with van der Waals surface area (Å²) in [5.41, 5.74) is 3.64. The molecule has 3 heterocycles. The van der Waals surface area contributed by atoms with Gasteiger partial charge in [0.15, 0.2) is 0 Å². The molecule has 2 aromatic carbocycles. The molecule has 2 aromatic heterocycles. The summed E-state index contributed by atoms with van der Waals surface area (Å²) in [5.74, 6) is 1.43. The Bertz CT molecular complexity index is 1180. The lowest BCUT2D eigenvalue weighted by molar-refractivity contribution is 0.0406. The summed E-state index contributed by atoms with van der Waals surface area (Å²) < 4.78 is 7.36. The molecule has 31 heavy (non-hydrogen) atoms. The Morgan fingerprint density at radius 2 is 2.13 bits per heavy atom. The average molecular weight is 435 g/mol. The van der Waals surface area contributed by atoms with Crippen molar-refractivity contribution in [3.63, 3.8) is 0 Å². The number of H-pyrrole nitrogens is 1. The van der Waals surface area contributed by atoms with Gasteiger partial charge in [-0.05, 0) is 85.8 Å². The van der Waals surface area contributed by atoms with Crippen molar-refractivity contribution in [1.82, 2.24) is 9.88 Å². The highest BCUT2D eigenvalue weighted by Crippen LogP contribution is 2.34. The largest absolute Gasteiger partial charge is 0.490 e. The lowest BCUT2D eigenvalue weighted by Crippen LogP contribution is -2.45. The second-order valence-corrected chi connectivity index (χ2v) is 9.87. The van der Waals surface area contributed by atoms with Gasteiger partial charge in [-0.3, -0.25) is 4.90 Å². The Morgan fingerprint density at radius 3 is 3.00 bits per heavy atom. The molecule has 5 heteroatoms. The number of aryl methyl sites for hydroxylation is 1. The van der Waals surface area contributed by atoms with Crippen LogP contribution >= 0.6 is 11.3 Å². The molecule has 0 spiro atoms. The third-order valence-corrected chi connectivity index (χ3v) is 7.49. The van der Waals surface area contributed by atoms with Gasteiger partial charge in [-0.2, -0.15) is 0 Å². The summed E-state index contributed by atoms with van der Waals surface area (Å²) in [4.78, 5) is 5.74. The molecule has 0 saturated carbocycles. The van der Waals surface area contributed by atoms with Crippen molar-refractivity contribution >= 4 is 32.3 Å². The monoisotopic (exact) mass is 434 g/mol. The van der Waals surface area contributed by atoms with E-state index >= 15 is 0 Å². The number of aromatic nitrogens is 1. The molecule has 1 aliphatic rings. The summed E-state index contributed by atoms with van der Waals surface area (Å²) in [5, 5.41) is 15.3. The standard InChI is InChI=1S/C26H30N2O2S/c1-17-12-23-24(27-17)4-3-5-25(23)30-16-22(29)15-28-10-8-20(13-18(28)2)19-6-7-26-21(14-19)9-11-31-26/h3-7,9,11-12,14,18,20,22,27,29H,8,10,13,15-16H2,1-2H3/t18-,20+,22+/m0/s1. The number of nitrogens with zero attached hydrogens (tertiary/aromatic N) is 1. The van der Waals surface area contributed by atoms with E-state index in [9.17, 15) is 5.11 Å². The summed E-state index contributed by atoms with van der Waals surface area (Å²) in [7, 11) is 0. The van der Waals surface area contributed by atoms with Gasteiger partial charge in [0.2, 0.25) is 0 Å². The molecule has 4 nitrogen and oxygen atoms in total. The van der Waals surface area contributed by atoms with Crippen LogP contribution in [0.25, 0.3) is 21.0 Å². The fourth-order valence-electron chi connectivity index (χ4n) is 4.94. The van der Waals surface area contributed by atoms with Crippen LogP contribution in [0.5, 0.6) is 5.75 Å². The highest BCUT2D eigenvalue weighted by atomic mass is 32.1. The lowest BCUT2D eigenvalue weighted by Gasteiger charge is -2.38. The van der Waals surface area contributed by atoms with Gasteiger partial charge in [-0.1, -0.05) is 18.2 Å². The molecule has 0 unspecified atom stereocenters. The number of hydrogen-bond donors (Lipinski definition) is 2. The van der Waals surface area contributed by atoms with Crippen molar-refractivity contribution in [1.29, 1.82) is 0 Å². The van der Waals surface area contributed by atoms with E-state index in [1.54, 1.807) is 11.3 Å². The number of ether oxygens (including phenoxy) is 1. The van der Waals surface area contributed by atoms with Gasteiger partial charge in [-0.15, -0.1) is 11.3 Å². The van der Waals surface area contributed by atoms with Crippen LogP contribution in [0.1, 0.15) is 36.9 Å². The van der Waals surface area contributed by atoms with Crippen molar-refractivity contribution < 1.29 is 9.84 Å². The fraction of sp³-hybridized carbons (Fsp3) is 0.385. The van der Waals surface area contributed by atoms with Gasteiger partial charge in [-0.25, -0.2) is 0 Å². The third kappa shape index (κ3) is 4.36. The van der Waals surface area contributed by atoms with E-state index < -0.39 is 6.10 Å². The molecule has 4 aromatic rings. The highest BCUT2D eigenvalue weighted by Gasteiger charge is 2.28. The van der Waals surface area contributed by atoms with Crippen LogP contribution in [0.3, 0.4) is 0 Å². The third-order valence-electron chi connectivity index (χ3n) is 6.60. The second kappa shape index (κ2) is 8.65. The smallest absolute Gasteiger partial charge is 0.128 e. The van der Waals surface area contributed by atoms with Crippen molar-refractivity contribution in [2.75, 3.05) is 19.7 Å². The van der Waals surface area contributed by atoms with Gasteiger partial charge in [0.25, 0.3) is 0 Å². The molecular weight excluding hydrogens is 404 g/mol. The van der Waals surface area contributed by atoms with Crippen molar-refractivity contribution in [3.8, 4) is 5.75 Å². The van der Waals surface area contributed by atoms with E-state index in [2.05, 4.69) is 52.5 Å². The number of nitrogens with one attached hydrogen (secondary N) is 1. The average Bonchev–Trinajstić information content (AvgIpc) is 3.38. The van der Waals surface area contributed by atoms with Crippen LogP contribution in [-0.2, 0) is 0 Å². The van der Waals surface area contributed by atoms with E-state index in [1.807, 2.05) is 25.1 Å². The minimum Gasteiger partial charge on any atom is -0.490 e. The molecule has 2 N–H and O–H groups in total. The Hall–Kier alpha value is -2.34. The molecule has 0 aliphatic carbocycles. The number of thiophene rings is 1.